The van der Waals surface area contributed by atoms with Gasteiger partial charge in [-0.3, -0.25) is 4.79 Å². The quantitative estimate of drug-likeness (QED) is 0.647. The van der Waals surface area contributed by atoms with Gasteiger partial charge in [0, 0.05) is 18.3 Å². The Morgan fingerprint density at radius 3 is 2.82 bits per heavy atom. The van der Waals surface area contributed by atoms with Crippen molar-refractivity contribution in [2.24, 2.45) is 0 Å². The van der Waals surface area contributed by atoms with Crippen LogP contribution < -0.4 is 5.43 Å². The molecule has 11 heavy (non-hydrogen) atoms. The van der Waals surface area contributed by atoms with Gasteiger partial charge in [-0.05, 0) is 12.8 Å². The van der Waals surface area contributed by atoms with E-state index in [1.165, 1.54) is 12.3 Å². The molecular formula is C8H9NO2. The number of pyridine rings is 1. The number of aromatic nitrogens is 1. The van der Waals surface area contributed by atoms with Gasteiger partial charge in [0.15, 0.2) is 5.75 Å². The lowest BCUT2D eigenvalue weighted by molar-refractivity contribution is 0.461. The van der Waals surface area contributed by atoms with Crippen LogP contribution in [0.1, 0.15) is 18.9 Å². The largest absolute Gasteiger partial charge is 0.503 e. The van der Waals surface area contributed by atoms with Crippen molar-refractivity contribution < 1.29 is 5.11 Å². The summed E-state index contributed by atoms with van der Waals surface area (Å²) in [5, 5.41) is 9.04. The fraction of sp³-hybridized carbons (Fsp3) is 0.375. The molecule has 58 valence electrons. The number of rotatable bonds is 1. The highest BCUT2D eigenvalue weighted by molar-refractivity contribution is 5.16. The second-order valence-corrected chi connectivity index (χ2v) is 2.87. The van der Waals surface area contributed by atoms with Crippen LogP contribution in [-0.2, 0) is 0 Å². The molecule has 1 heterocycles. The second-order valence-electron chi connectivity index (χ2n) is 2.87. The Morgan fingerprint density at radius 2 is 2.27 bits per heavy atom. The molecular weight excluding hydrogens is 142 g/mol. The molecule has 0 aromatic carbocycles. The van der Waals surface area contributed by atoms with Crippen LogP contribution >= 0.6 is 0 Å². The zero-order chi connectivity index (χ0) is 7.84. The number of hydrogen-bond donors (Lipinski definition) is 1. The van der Waals surface area contributed by atoms with Gasteiger partial charge < -0.3 is 9.67 Å². The molecule has 1 aromatic rings. The van der Waals surface area contributed by atoms with Gasteiger partial charge in [0.2, 0.25) is 5.43 Å². The van der Waals surface area contributed by atoms with Crippen LogP contribution in [-0.4, -0.2) is 9.67 Å². The molecule has 1 aliphatic carbocycles. The summed E-state index contributed by atoms with van der Waals surface area (Å²) in [6.07, 6.45) is 5.53. The van der Waals surface area contributed by atoms with Crippen LogP contribution in [0.15, 0.2) is 23.3 Å². The van der Waals surface area contributed by atoms with Crippen LogP contribution in [0.25, 0.3) is 0 Å². The van der Waals surface area contributed by atoms with Crippen molar-refractivity contribution in [2.45, 2.75) is 18.9 Å². The molecule has 1 N–H and O–H groups in total. The summed E-state index contributed by atoms with van der Waals surface area (Å²) in [4.78, 5) is 10.8. The van der Waals surface area contributed by atoms with Crippen molar-refractivity contribution in [1.29, 1.82) is 0 Å². The molecule has 0 amide bonds. The van der Waals surface area contributed by atoms with E-state index in [2.05, 4.69) is 0 Å². The van der Waals surface area contributed by atoms with E-state index in [9.17, 15) is 4.79 Å². The van der Waals surface area contributed by atoms with E-state index < -0.39 is 0 Å². The Kier molecular flexibility index (Phi) is 1.24. The van der Waals surface area contributed by atoms with E-state index in [0.29, 0.717) is 6.04 Å². The number of hydrogen-bond acceptors (Lipinski definition) is 2. The zero-order valence-electron chi connectivity index (χ0n) is 6.03. The minimum absolute atomic E-state index is 0.153. The van der Waals surface area contributed by atoms with Crippen molar-refractivity contribution >= 4 is 0 Å². The molecule has 3 nitrogen and oxygen atoms in total. The van der Waals surface area contributed by atoms with Gasteiger partial charge in [0.25, 0.3) is 0 Å². The van der Waals surface area contributed by atoms with Crippen molar-refractivity contribution in [3.8, 4) is 5.75 Å². The predicted octanol–water partition coefficient (Wildman–Crippen LogP) is 0.889. The second kappa shape index (κ2) is 2.12. The van der Waals surface area contributed by atoms with Crippen LogP contribution in [0, 0.1) is 0 Å². The molecule has 1 fully saturated rings. The van der Waals surface area contributed by atoms with E-state index in [1.54, 1.807) is 6.20 Å². The SMILES string of the molecule is O=c1ccn(C2CC2)cc1O. The lowest BCUT2D eigenvalue weighted by Gasteiger charge is -2.01. The molecule has 0 atom stereocenters. The maximum atomic E-state index is 10.8. The fourth-order valence-corrected chi connectivity index (χ4v) is 1.09. The maximum Gasteiger partial charge on any atom is 0.223 e. The normalized spacial score (nSPS) is 16.7. The van der Waals surface area contributed by atoms with Gasteiger partial charge in [-0.15, -0.1) is 0 Å². The topological polar surface area (TPSA) is 42.2 Å². The summed E-state index contributed by atoms with van der Waals surface area (Å²) >= 11 is 0. The summed E-state index contributed by atoms with van der Waals surface area (Å²) in [6.45, 7) is 0. The van der Waals surface area contributed by atoms with E-state index >= 15 is 0 Å². The lowest BCUT2D eigenvalue weighted by atomic mass is 10.4. The lowest BCUT2D eigenvalue weighted by Crippen LogP contribution is -2.03. The average molecular weight is 151 g/mol. The first-order chi connectivity index (χ1) is 5.27. The molecule has 0 saturated heterocycles. The first-order valence-corrected chi connectivity index (χ1v) is 3.68. The third-order valence-electron chi connectivity index (χ3n) is 1.89. The summed E-state index contributed by atoms with van der Waals surface area (Å²) < 4.78 is 1.89. The molecule has 2 rings (SSSR count). The molecule has 3 heteroatoms. The van der Waals surface area contributed by atoms with Crippen LogP contribution in [0.5, 0.6) is 5.75 Å². The van der Waals surface area contributed by atoms with E-state index in [4.69, 9.17) is 5.11 Å². The summed E-state index contributed by atoms with van der Waals surface area (Å²) in [5.74, 6) is -0.153. The van der Waals surface area contributed by atoms with Crippen molar-refractivity contribution in [3.05, 3.63) is 28.7 Å². The van der Waals surface area contributed by atoms with E-state index in [-0.39, 0.29) is 11.2 Å². The Balaban J connectivity index is 2.44. The van der Waals surface area contributed by atoms with Gasteiger partial charge in [0.1, 0.15) is 0 Å². The standard InChI is InChI=1S/C8H9NO2/c10-7-3-4-9(5-8(7)11)6-1-2-6/h3-6,11H,1-2H2. The molecule has 1 saturated carbocycles. The van der Waals surface area contributed by atoms with E-state index in [1.807, 2.05) is 4.57 Å². The maximum absolute atomic E-state index is 10.8. The molecule has 0 bridgehead atoms. The third-order valence-corrected chi connectivity index (χ3v) is 1.89. The smallest absolute Gasteiger partial charge is 0.223 e. The summed E-state index contributed by atoms with van der Waals surface area (Å²) in [7, 11) is 0. The highest BCUT2D eigenvalue weighted by Crippen LogP contribution is 2.34. The molecule has 0 unspecified atom stereocenters. The van der Waals surface area contributed by atoms with Crippen molar-refractivity contribution in [2.75, 3.05) is 0 Å². The summed E-state index contributed by atoms with van der Waals surface area (Å²) in [5.41, 5.74) is -0.304. The fourth-order valence-electron chi connectivity index (χ4n) is 1.09. The van der Waals surface area contributed by atoms with Crippen LogP contribution in [0.4, 0.5) is 0 Å². The Bertz CT molecular complexity index is 325. The first-order valence-electron chi connectivity index (χ1n) is 3.68. The summed E-state index contributed by atoms with van der Waals surface area (Å²) in [6, 6.07) is 1.91. The van der Waals surface area contributed by atoms with Gasteiger partial charge in [-0.25, -0.2) is 0 Å². The highest BCUT2D eigenvalue weighted by Gasteiger charge is 2.22. The molecule has 0 spiro atoms. The minimum Gasteiger partial charge on any atom is -0.503 e. The van der Waals surface area contributed by atoms with Crippen molar-refractivity contribution in [3.63, 3.8) is 0 Å². The average Bonchev–Trinajstić information content (AvgIpc) is 2.77. The van der Waals surface area contributed by atoms with Crippen LogP contribution in [0.2, 0.25) is 0 Å². The molecule has 1 aromatic heterocycles. The third kappa shape index (κ3) is 1.13. The van der Waals surface area contributed by atoms with Gasteiger partial charge >= 0.3 is 0 Å². The minimum atomic E-state index is -0.304. The predicted molar refractivity (Wildman–Crippen MR) is 40.6 cm³/mol. The zero-order valence-corrected chi connectivity index (χ0v) is 6.03. The van der Waals surface area contributed by atoms with Gasteiger partial charge in [-0.2, -0.15) is 0 Å². The Morgan fingerprint density at radius 1 is 1.55 bits per heavy atom. The van der Waals surface area contributed by atoms with E-state index in [0.717, 1.165) is 12.8 Å². The molecule has 0 radical (unpaired) electrons. The monoisotopic (exact) mass is 151 g/mol. The number of nitrogens with zero attached hydrogens (tertiary/aromatic N) is 1. The van der Waals surface area contributed by atoms with Crippen LogP contribution in [0.3, 0.4) is 0 Å². The van der Waals surface area contributed by atoms with Crippen molar-refractivity contribution in [1.82, 2.24) is 4.57 Å². The Hall–Kier alpha value is -1.25. The molecule has 1 aliphatic rings. The number of aromatic hydroxyl groups is 1. The molecule has 0 aliphatic heterocycles. The Labute approximate surface area is 63.9 Å². The van der Waals surface area contributed by atoms with Gasteiger partial charge in [-0.1, -0.05) is 0 Å². The first kappa shape index (κ1) is 6.46. The highest BCUT2D eigenvalue weighted by atomic mass is 16.3. The van der Waals surface area contributed by atoms with Gasteiger partial charge in [0.05, 0.1) is 6.20 Å².